The number of anilines is 1. The Morgan fingerprint density at radius 1 is 1.23 bits per heavy atom. The first-order valence-electron chi connectivity index (χ1n) is 7.68. The summed E-state index contributed by atoms with van der Waals surface area (Å²) in [6.07, 6.45) is -4.43. The molecule has 0 saturated carbocycles. The van der Waals surface area contributed by atoms with Gasteiger partial charge in [0, 0.05) is 29.9 Å². The van der Waals surface area contributed by atoms with Crippen LogP contribution in [0.2, 0.25) is 5.02 Å². The van der Waals surface area contributed by atoms with Crippen LogP contribution >= 0.6 is 11.6 Å². The zero-order valence-corrected chi connectivity index (χ0v) is 15.0. The highest BCUT2D eigenvalue weighted by Gasteiger charge is 2.30. The summed E-state index contributed by atoms with van der Waals surface area (Å²) in [6.45, 7) is 0.119. The van der Waals surface area contributed by atoms with Crippen molar-refractivity contribution in [3.8, 4) is 5.75 Å². The van der Waals surface area contributed by atoms with Gasteiger partial charge in [0.05, 0.1) is 19.2 Å². The number of benzene rings is 2. The van der Waals surface area contributed by atoms with Crippen molar-refractivity contribution in [1.29, 1.82) is 0 Å². The number of halogens is 4. The van der Waals surface area contributed by atoms with Gasteiger partial charge in [0.25, 0.3) is 0 Å². The molecule has 1 amide bonds. The molecule has 1 N–H and O–H groups in total. The molecule has 26 heavy (non-hydrogen) atoms. The molecule has 0 aromatic heterocycles. The topological polar surface area (TPSA) is 41.6 Å². The van der Waals surface area contributed by atoms with Gasteiger partial charge in [-0.05, 0) is 36.4 Å². The van der Waals surface area contributed by atoms with Crippen LogP contribution in [0.1, 0.15) is 11.1 Å². The van der Waals surface area contributed by atoms with Gasteiger partial charge in [-0.2, -0.15) is 13.2 Å². The van der Waals surface area contributed by atoms with Gasteiger partial charge in [-0.25, -0.2) is 0 Å². The summed E-state index contributed by atoms with van der Waals surface area (Å²) in [4.78, 5) is 13.7. The molecule has 0 fully saturated rings. The molecule has 0 radical (unpaired) electrons. The first-order chi connectivity index (χ1) is 12.2. The molecule has 2 aromatic carbocycles. The van der Waals surface area contributed by atoms with Crippen LogP contribution in [-0.4, -0.2) is 31.5 Å². The Kier molecular flexibility index (Phi) is 6.37. The van der Waals surface area contributed by atoms with Crippen LogP contribution in [-0.2, 0) is 17.5 Å². The quantitative estimate of drug-likeness (QED) is 0.798. The van der Waals surface area contributed by atoms with Crippen LogP contribution in [0.4, 0.5) is 18.9 Å². The number of ether oxygens (including phenoxy) is 1. The lowest BCUT2D eigenvalue weighted by atomic mass is 10.2. The van der Waals surface area contributed by atoms with E-state index in [4.69, 9.17) is 16.3 Å². The highest BCUT2D eigenvalue weighted by Crippen LogP contribution is 2.30. The highest BCUT2D eigenvalue weighted by atomic mass is 35.5. The molecule has 4 nitrogen and oxygen atoms in total. The van der Waals surface area contributed by atoms with E-state index >= 15 is 0 Å². The first-order valence-corrected chi connectivity index (χ1v) is 8.06. The lowest BCUT2D eigenvalue weighted by Gasteiger charge is -2.20. The predicted octanol–water partition coefficient (Wildman–Crippen LogP) is 4.44. The van der Waals surface area contributed by atoms with Crippen molar-refractivity contribution >= 4 is 23.2 Å². The van der Waals surface area contributed by atoms with E-state index in [9.17, 15) is 18.0 Å². The molecule has 0 bridgehead atoms. The Labute approximate surface area is 154 Å². The zero-order valence-electron chi connectivity index (χ0n) is 14.2. The molecule has 0 saturated heterocycles. The van der Waals surface area contributed by atoms with Crippen LogP contribution in [0.25, 0.3) is 0 Å². The standard InChI is InChI=1S/C18H18ClF3N2O2/c1-24(11-12-8-14(19)6-7-16(12)26-2)17(25)10-23-15-5-3-4-13(9-15)18(20,21)22/h3-9,23H,10-11H2,1-2H3. The van der Waals surface area contributed by atoms with Crippen molar-refractivity contribution in [3.05, 3.63) is 58.6 Å². The van der Waals surface area contributed by atoms with Gasteiger partial charge in [0.2, 0.25) is 5.91 Å². The minimum Gasteiger partial charge on any atom is -0.496 e. The van der Waals surface area contributed by atoms with Crippen LogP contribution in [0.3, 0.4) is 0 Å². The van der Waals surface area contributed by atoms with E-state index in [2.05, 4.69) is 5.32 Å². The molecule has 0 aliphatic rings. The maximum atomic E-state index is 12.7. The largest absolute Gasteiger partial charge is 0.496 e. The zero-order chi connectivity index (χ0) is 19.3. The highest BCUT2D eigenvalue weighted by molar-refractivity contribution is 6.30. The third-order valence-electron chi connectivity index (χ3n) is 3.71. The van der Waals surface area contributed by atoms with Crippen molar-refractivity contribution in [3.63, 3.8) is 0 Å². The van der Waals surface area contributed by atoms with E-state index in [1.807, 2.05) is 0 Å². The van der Waals surface area contributed by atoms with Crippen LogP contribution in [0.15, 0.2) is 42.5 Å². The average molecular weight is 387 g/mol. The third kappa shape index (κ3) is 5.29. The van der Waals surface area contributed by atoms with E-state index < -0.39 is 11.7 Å². The number of hydrogen-bond donors (Lipinski definition) is 1. The van der Waals surface area contributed by atoms with Gasteiger partial charge in [-0.15, -0.1) is 0 Å². The second-order valence-corrected chi connectivity index (χ2v) is 6.07. The Bertz CT molecular complexity index is 781. The molecule has 2 aromatic rings. The molecule has 0 spiro atoms. The number of rotatable bonds is 6. The Morgan fingerprint density at radius 2 is 1.96 bits per heavy atom. The number of methoxy groups -OCH3 is 1. The predicted molar refractivity (Wildman–Crippen MR) is 94.4 cm³/mol. The van der Waals surface area contributed by atoms with Gasteiger partial charge >= 0.3 is 6.18 Å². The fraction of sp³-hybridized carbons (Fsp3) is 0.278. The summed E-state index contributed by atoms with van der Waals surface area (Å²) in [5.41, 5.74) is 0.184. The fourth-order valence-corrected chi connectivity index (χ4v) is 2.53. The van der Waals surface area contributed by atoms with Gasteiger partial charge in [-0.3, -0.25) is 4.79 Å². The molecule has 2 rings (SSSR count). The summed E-state index contributed by atoms with van der Waals surface area (Å²) in [5, 5.41) is 3.23. The van der Waals surface area contributed by atoms with Crippen LogP contribution in [0, 0.1) is 0 Å². The average Bonchev–Trinajstić information content (AvgIpc) is 2.59. The van der Waals surface area contributed by atoms with Crippen LogP contribution in [0.5, 0.6) is 5.75 Å². The summed E-state index contributed by atoms with van der Waals surface area (Å²) in [5.74, 6) is 0.310. The van der Waals surface area contributed by atoms with Crippen molar-refractivity contribution in [2.24, 2.45) is 0 Å². The lowest BCUT2D eigenvalue weighted by molar-refractivity contribution is -0.137. The number of hydrogen-bond acceptors (Lipinski definition) is 3. The first kappa shape index (κ1) is 19.9. The summed E-state index contributed by atoms with van der Waals surface area (Å²) < 4.78 is 43.4. The Morgan fingerprint density at radius 3 is 2.62 bits per heavy atom. The molecular formula is C18H18ClF3N2O2. The summed E-state index contributed by atoms with van der Waals surface area (Å²) in [7, 11) is 3.11. The Hall–Kier alpha value is -2.41. The molecule has 140 valence electrons. The van der Waals surface area contributed by atoms with Crippen molar-refractivity contribution in [2.75, 3.05) is 26.0 Å². The Balaban J connectivity index is 1.99. The molecule has 0 heterocycles. The van der Waals surface area contributed by atoms with Crippen molar-refractivity contribution < 1.29 is 22.7 Å². The lowest BCUT2D eigenvalue weighted by Crippen LogP contribution is -2.31. The normalized spacial score (nSPS) is 11.2. The number of alkyl halides is 3. The number of nitrogens with zero attached hydrogens (tertiary/aromatic N) is 1. The number of nitrogens with one attached hydrogen (secondary N) is 1. The van der Waals surface area contributed by atoms with E-state index in [1.165, 1.54) is 24.1 Å². The van der Waals surface area contributed by atoms with Crippen LogP contribution < -0.4 is 10.1 Å². The molecule has 8 heteroatoms. The van der Waals surface area contributed by atoms with Gasteiger partial charge in [0.15, 0.2) is 0 Å². The van der Waals surface area contributed by atoms with E-state index in [-0.39, 0.29) is 24.7 Å². The van der Waals surface area contributed by atoms with Crippen molar-refractivity contribution in [1.82, 2.24) is 4.90 Å². The fourth-order valence-electron chi connectivity index (χ4n) is 2.33. The third-order valence-corrected chi connectivity index (χ3v) is 3.94. The van der Waals surface area contributed by atoms with Gasteiger partial charge < -0.3 is 15.0 Å². The number of carbonyl (C=O) groups is 1. The molecule has 0 unspecified atom stereocenters. The molecule has 0 aliphatic heterocycles. The number of amides is 1. The molecule has 0 aliphatic carbocycles. The van der Waals surface area contributed by atoms with E-state index in [1.54, 1.807) is 25.2 Å². The second-order valence-electron chi connectivity index (χ2n) is 5.64. The number of likely N-dealkylation sites (N-methyl/N-ethyl adjacent to an activating group) is 1. The summed E-state index contributed by atoms with van der Waals surface area (Å²) >= 11 is 5.97. The maximum Gasteiger partial charge on any atom is 0.416 e. The maximum absolute atomic E-state index is 12.7. The second kappa shape index (κ2) is 8.31. The van der Waals surface area contributed by atoms with E-state index in [0.717, 1.165) is 17.7 Å². The van der Waals surface area contributed by atoms with Crippen molar-refractivity contribution in [2.45, 2.75) is 12.7 Å². The van der Waals surface area contributed by atoms with Gasteiger partial charge in [-0.1, -0.05) is 17.7 Å². The SMILES string of the molecule is COc1ccc(Cl)cc1CN(C)C(=O)CNc1cccc(C(F)(F)F)c1. The minimum absolute atomic E-state index is 0.138. The molecule has 0 atom stereocenters. The smallest absolute Gasteiger partial charge is 0.416 e. The summed E-state index contributed by atoms with van der Waals surface area (Å²) in [6, 6.07) is 9.79. The molecular weight excluding hydrogens is 369 g/mol. The minimum atomic E-state index is -4.43. The number of carbonyl (C=O) groups excluding carboxylic acids is 1. The van der Waals surface area contributed by atoms with E-state index in [0.29, 0.717) is 10.8 Å². The van der Waals surface area contributed by atoms with Gasteiger partial charge in [0.1, 0.15) is 5.75 Å². The monoisotopic (exact) mass is 386 g/mol.